The molecule has 0 radical (unpaired) electrons. The van der Waals surface area contributed by atoms with Gasteiger partial charge in [-0.1, -0.05) is 11.3 Å². The van der Waals surface area contributed by atoms with Crippen molar-refractivity contribution in [2.24, 2.45) is 0 Å². The summed E-state index contributed by atoms with van der Waals surface area (Å²) in [7, 11) is 1.61. The average Bonchev–Trinajstić information content (AvgIpc) is 2.92. The first kappa shape index (κ1) is 11.1. The van der Waals surface area contributed by atoms with E-state index in [2.05, 4.69) is 20.3 Å². The number of aromatic nitrogens is 5. The largest absolute Gasteiger partial charge is 0.397 e. The Morgan fingerprint density at radius 2 is 2.33 bits per heavy atom. The second-order valence-corrected chi connectivity index (χ2v) is 4.57. The Kier molecular flexibility index (Phi) is 2.65. The van der Waals surface area contributed by atoms with Crippen LogP contribution in [0.15, 0.2) is 18.5 Å². The highest BCUT2D eigenvalue weighted by molar-refractivity contribution is 7.19. The highest BCUT2D eigenvalue weighted by atomic mass is 32.1. The number of nitrogens with zero attached hydrogens (tertiary/aromatic N) is 5. The number of ether oxygens (including phenoxy) is 1. The normalized spacial score (nSPS) is 11.2. The minimum absolute atomic E-state index is 0.371. The topological polar surface area (TPSA) is 91.2 Å². The van der Waals surface area contributed by atoms with Crippen LogP contribution in [0.5, 0.6) is 0 Å². The van der Waals surface area contributed by atoms with Gasteiger partial charge in [0.15, 0.2) is 5.82 Å². The molecule has 8 heteroatoms. The van der Waals surface area contributed by atoms with Crippen molar-refractivity contribution in [3.63, 3.8) is 0 Å². The molecule has 92 valence electrons. The van der Waals surface area contributed by atoms with Crippen molar-refractivity contribution in [2.75, 3.05) is 12.8 Å². The molecule has 0 fully saturated rings. The van der Waals surface area contributed by atoms with Gasteiger partial charge in [0, 0.05) is 18.9 Å². The zero-order valence-electron chi connectivity index (χ0n) is 9.57. The van der Waals surface area contributed by atoms with Crippen molar-refractivity contribution in [1.82, 2.24) is 24.8 Å². The number of anilines is 1. The van der Waals surface area contributed by atoms with Crippen LogP contribution in [0.25, 0.3) is 15.5 Å². The summed E-state index contributed by atoms with van der Waals surface area (Å²) in [5.74, 6) is 0.669. The number of rotatable bonds is 3. The fourth-order valence-corrected chi connectivity index (χ4v) is 2.49. The molecule has 0 aromatic carbocycles. The van der Waals surface area contributed by atoms with Crippen LogP contribution in [-0.2, 0) is 11.3 Å². The van der Waals surface area contributed by atoms with E-state index in [4.69, 9.17) is 10.5 Å². The van der Waals surface area contributed by atoms with Gasteiger partial charge in [-0.15, -0.1) is 10.2 Å². The highest BCUT2D eigenvalue weighted by Gasteiger charge is 2.14. The molecule has 0 atom stereocenters. The van der Waals surface area contributed by atoms with E-state index < -0.39 is 0 Å². The summed E-state index contributed by atoms with van der Waals surface area (Å²) in [6.07, 6.45) is 3.29. The van der Waals surface area contributed by atoms with Crippen molar-refractivity contribution >= 4 is 22.0 Å². The molecule has 0 bridgehead atoms. The predicted molar refractivity (Wildman–Crippen MR) is 67.0 cm³/mol. The lowest BCUT2D eigenvalue weighted by Crippen LogP contribution is -1.98. The molecule has 18 heavy (non-hydrogen) atoms. The lowest BCUT2D eigenvalue weighted by Gasteiger charge is -1.98. The van der Waals surface area contributed by atoms with Crippen LogP contribution in [0, 0.1) is 0 Å². The summed E-state index contributed by atoms with van der Waals surface area (Å²) < 4.78 is 6.71. The molecule has 2 N–H and O–H groups in total. The molecule has 0 unspecified atom stereocenters. The van der Waals surface area contributed by atoms with E-state index in [1.165, 1.54) is 11.3 Å². The van der Waals surface area contributed by atoms with E-state index in [-0.39, 0.29) is 0 Å². The second-order valence-electron chi connectivity index (χ2n) is 3.61. The first-order valence-corrected chi connectivity index (χ1v) is 6.01. The minimum Gasteiger partial charge on any atom is -0.397 e. The van der Waals surface area contributed by atoms with Gasteiger partial charge in [0.1, 0.15) is 11.6 Å². The number of methoxy groups -OCH3 is 1. The first-order valence-electron chi connectivity index (χ1n) is 5.19. The fraction of sp³-hybridized carbons (Fsp3) is 0.200. The van der Waals surface area contributed by atoms with Crippen LogP contribution in [0.2, 0.25) is 0 Å². The maximum atomic E-state index is 5.87. The lowest BCUT2D eigenvalue weighted by atomic mass is 10.2. The maximum Gasteiger partial charge on any atom is 0.235 e. The van der Waals surface area contributed by atoms with Crippen molar-refractivity contribution < 1.29 is 4.74 Å². The summed E-state index contributed by atoms with van der Waals surface area (Å²) in [6, 6.07) is 1.83. The molecule has 0 aliphatic rings. The van der Waals surface area contributed by atoms with Gasteiger partial charge in [-0.25, -0.2) is 0 Å². The van der Waals surface area contributed by atoms with Crippen LogP contribution in [0.1, 0.15) is 5.82 Å². The highest BCUT2D eigenvalue weighted by Crippen LogP contribution is 2.28. The number of nitrogens with two attached hydrogens (primary N) is 1. The molecule has 0 amide bonds. The quantitative estimate of drug-likeness (QED) is 0.756. The molecular formula is C10H10N6OS. The van der Waals surface area contributed by atoms with E-state index in [1.807, 2.05) is 6.07 Å². The van der Waals surface area contributed by atoms with Gasteiger partial charge < -0.3 is 10.5 Å². The molecule has 0 saturated carbocycles. The molecule has 0 spiro atoms. The van der Waals surface area contributed by atoms with E-state index in [0.29, 0.717) is 23.1 Å². The smallest absolute Gasteiger partial charge is 0.235 e. The van der Waals surface area contributed by atoms with Crippen LogP contribution < -0.4 is 5.73 Å². The standard InChI is InChI=1S/C10H10N6OS/c1-17-5-8-13-14-10-16(8)15-9(18-10)6-2-3-12-4-7(6)11/h2-4H,5,11H2,1H3. The number of fused-ring (bicyclic) bond motifs is 1. The summed E-state index contributed by atoms with van der Waals surface area (Å²) in [4.78, 5) is 4.67. The van der Waals surface area contributed by atoms with Crippen molar-refractivity contribution in [3.8, 4) is 10.6 Å². The van der Waals surface area contributed by atoms with E-state index in [9.17, 15) is 0 Å². The van der Waals surface area contributed by atoms with Gasteiger partial charge in [0.05, 0.1) is 11.9 Å². The van der Waals surface area contributed by atoms with Gasteiger partial charge in [0.2, 0.25) is 4.96 Å². The Hall–Kier alpha value is -2.06. The fourth-order valence-electron chi connectivity index (χ4n) is 1.59. The van der Waals surface area contributed by atoms with Crippen molar-refractivity contribution in [1.29, 1.82) is 0 Å². The van der Waals surface area contributed by atoms with Gasteiger partial charge >= 0.3 is 0 Å². The molecule has 0 saturated heterocycles. The average molecular weight is 262 g/mol. The zero-order valence-corrected chi connectivity index (χ0v) is 10.4. The van der Waals surface area contributed by atoms with Gasteiger partial charge in [-0.05, 0) is 6.07 Å². The Labute approximate surface area is 106 Å². The predicted octanol–water partition coefficient (Wildman–Crippen LogP) is 0.976. The van der Waals surface area contributed by atoms with Crippen LogP contribution in [0.3, 0.4) is 0 Å². The van der Waals surface area contributed by atoms with Gasteiger partial charge in [0.25, 0.3) is 0 Å². The molecule has 0 aliphatic carbocycles. The number of nitrogen functional groups attached to an aromatic ring is 1. The lowest BCUT2D eigenvalue weighted by molar-refractivity contribution is 0.176. The third kappa shape index (κ3) is 1.71. The summed E-state index contributed by atoms with van der Waals surface area (Å²) >= 11 is 1.43. The number of hydrogen-bond acceptors (Lipinski definition) is 7. The van der Waals surface area contributed by atoms with Crippen molar-refractivity contribution in [2.45, 2.75) is 6.61 Å². The van der Waals surface area contributed by atoms with Crippen LogP contribution >= 0.6 is 11.3 Å². The molecule has 3 aromatic heterocycles. The third-order valence-electron chi connectivity index (χ3n) is 2.41. The number of hydrogen-bond donors (Lipinski definition) is 1. The summed E-state index contributed by atoms with van der Waals surface area (Å²) in [5.41, 5.74) is 7.32. The first-order chi connectivity index (χ1) is 8.79. The Morgan fingerprint density at radius 1 is 1.44 bits per heavy atom. The Balaban J connectivity index is 2.11. The van der Waals surface area contributed by atoms with E-state index in [0.717, 1.165) is 10.6 Å². The number of pyridine rings is 1. The van der Waals surface area contributed by atoms with Gasteiger partial charge in [-0.2, -0.15) is 9.61 Å². The van der Waals surface area contributed by atoms with Crippen molar-refractivity contribution in [3.05, 3.63) is 24.3 Å². The summed E-state index contributed by atoms with van der Waals surface area (Å²) in [5, 5.41) is 13.3. The van der Waals surface area contributed by atoms with E-state index in [1.54, 1.807) is 24.0 Å². The van der Waals surface area contributed by atoms with Gasteiger partial charge in [-0.3, -0.25) is 4.98 Å². The third-order valence-corrected chi connectivity index (χ3v) is 3.34. The molecule has 7 nitrogen and oxygen atoms in total. The monoisotopic (exact) mass is 262 g/mol. The zero-order chi connectivity index (χ0) is 12.5. The molecule has 3 aromatic rings. The molecule has 3 heterocycles. The van der Waals surface area contributed by atoms with Crippen LogP contribution in [-0.4, -0.2) is 31.9 Å². The second kappa shape index (κ2) is 4.31. The maximum absolute atomic E-state index is 5.87. The van der Waals surface area contributed by atoms with E-state index >= 15 is 0 Å². The Bertz CT molecular complexity index is 691. The molecule has 3 rings (SSSR count). The Morgan fingerprint density at radius 3 is 3.11 bits per heavy atom. The minimum atomic E-state index is 0.371. The molecule has 0 aliphatic heterocycles. The summed E-state index contributed by atoms with van der Waals surface area (Å²) in [6.45, 7) is 0.371. The SMILES string of the molecule is COCc1nnc2sc(-c3ccncc3N)nn12. The van der Waals surface area contributed by atoms with Crippen LogP contribution in [0.4, 0.5) is 5.69 Å². The molecular weight excluding hydrogens is 252 g/mol.